The minimum Gasteiger partial charge on any atom is -0.299 e. The molecule has 0 aromatic rings. The smallest absolute Gasteiger partial charge is 0.135 e. The van der Waals surface area contributed by atoms with Gasteiger partial charge < -0.3 is 0 Å². The van der Waals surface area contributed by atoms with E-state index in [1.807, 2.05) is 49.3 Å². The molecule has 0 aliphatic heterocycles. The van der Waals surface area contributed by atoms with Gasteiger partial charge in [0.15, 0.2) is 0 Å². The predicted molar refractivity (Wildman–Crippen MR) is 92.3 cm³/mol. The Morgan fingerprint density at radius 3 is 1.25 bits per heavy atom. The number of hydrogen-bond donors (Lipinski definition) is 0. The van der Waals surface area contributed by atoms with E-state index in [0.29, 0.717) is 34.9 Å². The monoisotopic (exact) mass is 318 g/mol. The van der Waals surface area contributed by atoms with Crippen molar-refractivity contribution in [3.8, 4) is 0 Å². The summed E-state index contributed by atoms with van der Waals surface area (Å²) in [4.78, 5) is 23.1. The zero-order valence-corrected chi connectivity index (χ0v) is 15.4. The van der Waals surface area contributed by atoms with Crippen molar-refractivity contribution in [2.24, 2.45) is 11.8 Å². The van der Waals surface area contributed by atoms with Crippen LogP contribution in [0.15, 0.2) is 0 Å². The third-order valence-corrected chi connectivity index (χ3v) is 6.81. The van der Waals surface area contributed by atoms with Crippen LogP contribution in [0, 0.1) is 11.8 Å². The molecule has 2 atom stereocenters. The van der Waals surface area contributed by atoms with Gasteiger partial charge in [0.1, 0.15) is 11.6 Å². The van der Waals surface area contributed by atoms with Gasteiger partial charge in [0.05, 0.1) is 0 Å². The van der Waals surface area contributed by atoms with E-state index < -0.39 is 0 Å². The largest absolute Gasteiger partial charge is 0.299 e. The van der Waals surface area contributed by atoms with Crippen molar-refractivity contribution in [1.82, 2.24) is 0 Å². The maximum atomic E-state index is 11.6. The zero-order chi connectivity index (χ0) is 15.7. The predicted octanol–water partition coefficient (Wildman–Crippen LogP) is 5.16. The lowest BCUT2D eigenvalue weighted by atomic mass is 10.0. The second kappa shape index (κ2) is 10.7. The Bertz CT molecular complexity index is 271. The molecule has 0 rings (SSSR count). The molecule has 0 amide bonds. The fourth-order valence-corrected chi connectivity index (χ4v) is 4.08. The minimum absolute atomic E-state index is 0.154. The Morgan fingerprint density at radius 2 is 1.00 bits per heavy atom. The minimum atomic E-state index is 0.154. The third-order valence-electron chi connectivity index (χ3n) is 3.27. The highest BCUT2D eigenvalue weighted by atomic mass is 33.1. The van der Waals surface area contributed by atoms with Gasteiger partial charge >= 0.3 is 0 Å². The lowest BCUT2D eigenvalue weighted by molar-refractivity contribution is -0.122. The maximum Gasteiger partial charge on any atom is 0.135 e. The van der Waals surface area contributed by atoms with Crippen LogP contribution in [-0.2, 0) is 9.59 Å². The first-order valence-electron chi connectivity index (χ1n) is 7.61. The highest BCUT2D eigenvalue weighted by Crippen LogP contribution is 2.35. The van der Waals surface area contributed by atoms with Crippen LogP contribution in [0.2, 0.25) is 0 Å². The molecular formula is C16H30O2S2. The molecule has 0 bridgehead atoms. The van der Waals surface area contributed by atoms with Crippen molar-refractivity contribution in [2.75, 3.05) is 0 Å². The summed E-state index contributed by atoms with van der Waals surface area (Å²) in [7, 11) is 3.70. The van der Waals surface area contributed by atoms with Gasteiger partial charge in [-0.1, -0.05) is 63.1 Å². The van der Waals surface area contributed by atoms with Crippen LogP contribution in [0.25, 0.3) is 0 Å². The van der Waals surface area contributed by atoms with Gasteiger partial charge in [-0.15, -0.1) is 0 Å². The molecule has 118 valence electrons. The van der Waals surface area contributed by atoms with E-state index in [9.17, 15) is 9.59 Å². The first-order valence-corrected chi connectivity index (χ1v) is 9.89. The van der Waals surface area contributed by atoms with Gasteiger partial charge in [0, 0.05) is 35.2 Å². The second-order valence-electron chi connectivity index (χ2n) is 6.13. The van der Waals surface area contributed by atoms with Crippen molar-refractivity contribution < 1.29 is 9.59 Å². The molecule has 0 fully saturated rings. The van der Waals surface area contributed by atoms with Crippen LogP contribution in [0.5, 0.6) is 0 Å². The summed E-state index contributed by atoms with van der Waals surface area (Å²) >= 11 is 0. The molecular weight excluding hydrogens is 288 g/mol. The standard InChI is InChI=1S/C16H30O2S2/c1-11(2)15(17)9-7-13(5)19-20-14(6)8-10-16(18)12(3)4/h11-14H,7-10H2,1-6H3. The van der Waals surface area contributed by atoms with Gasteiger partial charge in [-0.2, -0.15) is 0 Å². The lowest BCUT2D eigenvalue weighted by Crippen LogP contribution is -2.10. The average Bonchev–Trinajstić information content (AvgIpc) is 2.39. The Labute approximate surface area is 132 Å². The first kappa shape index (κ1) is 20.0. The van der Waals surface area contributed by atoms with Gasteiger partial charge in [-0.3, -0.25) is 9.59 Å². The molecule has 0 radical (unpaired) electrons. The maximum absolute atomic E-state index is 11.6. The van der Waals surface area contributed by atoms with Crippen molar-refractivity contribution >= 4 is 33.2 Å². The van der Waals surface area contributed by atoms with Crippen molar-refractivity contribution in [3.63, 3.8) is 0 Å². The lowest BCUT2D eigenvalue weighted by Gasteiger charge is -2.15. The molecule has 0 aromatic carbocycles. The average molecular weight is 319 g/mol. The normalized spacial score (nSPS) is 14.6. The Hall–Kier alpha value is 0.0400. The quantitative estimate of drug-likeness (QED) is 0.493. The topological polar surface area (TPSA) is 34.1 Å². The van der Waals surface area contributed by atoms with E-state index in [1.165, 1.54) is 0 Å². The van der Waals surface area contributed by atoms with Crippen LogP contribution in [0.4, 0.5) is 0 Å². The van der Waals surface area contributed by atoms with Crippen molar-refractivity contribution in [2.45, 2.75) is 77.7 Å². The van der Waals surface area contributed by atoms with Gasteiger partial charge in [-0.25, -0.2) is 0 Å². The van der Waals surface area contributed by atoms with E-state index in [2.05, 4.69) is 13.8 Å². The Kier molecular flexibility index (Phi) is 10.7. The van der Waals surface area contributed by atoms with Crippen molar-refractivity contribution in [1.29, 1.82) is 0 Å². The fourth-order valence-electron chi connectivity index (χ4n) is 1.55. The van der Waals surface area contributed by atoms with E-state index in [1.54, 1.807) is 0 Å². The SMILES string of the molecule is CC(CCC(=O)C(C)C)SSC(C)CCC(=O)C(C)C. The molecule has 0 saturated heterocycles. The van der Waals surface area contributed by atoms with Crippen LogP contribution < -0.4 is 0 Å². The van der Waals surface area contributed by atoms with Crippen molar-refractivity contribution in [3.05, 3.63) is 0 Å². The van der Waals surface area contributed by atoms with Gasteiger partial charge in [-0.05, 0) is 12.8 Å². The van der Waals surface area contributed by atoms with Gasteiger partial charge in [0.2, 0.25) is 0 Å². The summed E-state index contributed by atoms with van der Waals surface area (Å²) in [5, 5.41) is 0.983. The summed E-state index contributed by atoms with van der Waals surface area (Å²) in [5.74, 6) is 1.03. The zero-order valence-electron chi connectivity index (χ0n) is 13.8. The molecule has 2 nitrogen and oxygen atoms in total. The molecule has 2 unspecified atom stereocenters. The molecule has 0 N–H and O–H groups in total. The second-order valence-corrected chi connectivity index (χ2v) is 9.28. The summed E-state index contributed by atoms with van der Waals surface area (Å²) in [5.41, 5.74) is 0. The summed E-state index contributed by atoms with van der Waals surface area (Å²) in [6, 6.07) is 0. The van der Waals surface area contributed by atoms with E-state index in [-0.39, 0.29) is 11.8 Å². The number of Topliss-reactive ketones (excluding diaryl/α,β-unsaturated/α-hetero) is 2. The van der Waals surface area contributed by atoms with Crippen LogP contribution >= 0.6 is 21.6 Å². The highest BCUT2D eigenvalue weighted by Gasteiger charge is 2.14. The first-order chi connectivity index (χ1) is 9.23. The third kappa shape index (κ3) is 9.87. The number of rotatable bonds is 11. The van der Waals surface area contributed by atoms with E-state index >= 15 is 0 Å². The van der Waals surface area contributed by atoms with Gasteiger partial charge in [0.25, 0.3) is 0 Å². The summed E-state index contributed by atoms with van der Waals surface area (Å²) in [6.45, 7) is 12.2. The van der Waals surface area contributed by atoms with Crippen LogP contribution in [0.3, 0.4) is 0 Å². The molecule has 4 heteroatoms. The Morgan fingerprint density at radius 1 is 0.700 bits per heavy atom. The fraction of sp³-hybridized carbons (Fsp3) is 0.875. The summed E-state index contributed by atoms with van der Waals surface area (Å²) < 4.78 is 0. The molecule has 0 aromatic heterocycles. The molecule has 0 aliphatic carbocycles. The van der Waals surface area contributed by atoms with Crippen LogP contribution in [-0.4, -0.2) is 22.1 Å². The number of hydrogen-bond acceptors (Lipinski definition) is 4. The number of ketones is 2. The van der Waals surface area contributed by atoms with Crippen LogP contribution in [0.1, 0.15) is 67.2 Å². The highest BCUT2D eigenvalue weighted by molar-refractivity contribution is 8.77. The van der Waals surface area contributed by atoms with E-state index in [0.717, 1.165) is 12.8 Å². The van der Waals surface area contributed by atoms with E-state index in [4.69, 9.17) is 0 Å². The molecule has 0 spiro atoms. The Balaban J connectivity index is 3.75. The molecule has 0 aliphatic rings. The number of carbonyl (C=O) groups excluding carboxylic acids is 2. The number of carbonyl (C=O) groups is 2. The molecule has 0 heterocycles. The molecule has 20 heavy (non-hydrogen) atoms. The molecule has 0 saturated carbocycles. The summed E-state index contributed by atoms with van der Waals surface area (Å²) in [6.07, 6.45) is 3.28.